The summed E-state index contributed by atoms with van der Waals surface area (Å²) in [6, 6.07) is 10.5. The van der Waals surface area contributed by atoms with Crippen molar-refractivity contribution < 1.29 is 4.79 Å². The molecule has 0 unspecified atom stereocenters. The summed E-state index contributed by atoms with van der Waals surface area (Å²) in [6.07, 6.45) is 4.28. The Morgan fingerprint density at radius 3 is 2.27 bits per heavy atom. The first kappa shape index (κ1) is 19.1. The van der Waals surface area contributed by atoms with Crippen molar-refractivity contribution in [3.63, 3.8) is 0 Å². The Labute approximate surface area is 158 Å². The average molecular weight is 356 g/mol. The van der Waals surface area contributed by atoms with Crippen LogP contribution in [0.5, 0.6) is 0 Å². The highest BCUT2D eigenvalue weighted by molar-refractivity contribution is 5.79. The van der Waals surface area contributed by atoms with E-state index in [1.54, 1.807) is 0 Å². The van der Waals surface area contributed by atoms with Gasteiger partial charge in [0.15, 0.2) is 0 Å². The fourth-order valence-corrected chi connectivity index (χ4v) is 4.11. The third-order valence-corrected chi connectivity index (χ3v) is 5.75. The Hall–Kier alpha value is -1.65. The third-order valence-electron chi connectivity index (χ3n) is 5.75. The molecule has 26 heavy (non-hydrogen) atoms. The summed E-state index contributed by atoms with van der Waals surface area (Å²) >= 11 is 0. The molecule has 3 rings (SSSR count). The maximum absolute atomic E-state index is 12.8. The Balaban J connectivity index is 1.44. The normalized spacial score (nSPS) is 21.2. The highest BCUT2D eigenvalue weighted by Crippen LogP contribution is 2.21. The monoisotopic (exact) mass is 355 g/mol. The molecule has 1 aromatic rings. The van der Waals surface area contributed by atoms with Crippen molar-refractivity contribution in [3.05, 3.63) is 41.5 Å². The van der Waals surface area contributed by atoms with Crippen LogP contribution in [-0.4, -0.2) is 73.0 Å². The summed E-state index contributed by atoms with van der Waals surface area (Å²) in [5.41, 5.74) is 2.65. The Morgan fingerprint density at radius 2 is 1.65 bits per heavy atom. The second-order valence-corrected chi connectivity index (χ2v) is 7.71. The SMILES string of the molecule is CCN1CCN(C(=O)C2CCN(C/C(C)=C/c3ccccc3)CC2)CC1. The zero-order valence-corrected chi connectivity index (χ0v) is 16.4. The molecule has 142 valence electrons. The molecule has 0 atom stereocenters. The minimum Gasteiger partial charge on any atom is -0.340 e. The molecule has 4 heteroatoms. The number of nitrogens with zero attached hydrogens (tertiary/aromatic N) is 3. The van der Waals surface area contributed by atoms with Crippen LogP contribution in [0.15, 0.2) is 35.9 Å². The van der Waals surface area contributed by atoms with E-state index in [1.165, 1.54) is 11.1 Å². The summed E-state index contributed by atoms with van der Waals surface area (Å²) in [4.78, 5) is 19.8. The third kappa shape index (κ3) is 5.18. The van der Waals surface area contributed by atoms with Crippen LogP contribution in [0.3, 0.4) is 0 Å². The Kier molecular flexibility index (Phi) is 6.86. The maximum atomic E-state index is 12.8. The molecule has 0 aromatic heterocycles. The summed E-state index contributed by atoms with van der Waals surface area (Å²) in [5.74, 6) is 0.634. The molecular weight excluding hydrogens is 322 g/mol. The lowest BCUT2D eigenvalue weighted by Crippen LogP contribution is -2.51. The lowest BCUT2D eigenvalue weighted by Gasteiger charge is -2.38. The molecule has 0 N–H and O–H groups in total. The molecule has 0 radical (unpaired) electrons. The molecule has 2 aliphatic heterocycles. The number of amides is 1. The first-order valence-corrected chi connectivity index (χ1v) is 10.1. The predicted molar refractivity (Wildman–Crippen MR) is 108 cm³/mol. The lowest BCUT2D eigenvalue weighted by molar-refractivity contribution is -0.138. The zero-order chi connectivity index (χ0) is 18.4. The fraction of sp³-hybridized carbons (Fsp3) is 0.591. The number of piperazine rings is 1. The van der Waals surface area contributed by atoms with Crippen molar-refractivity contribution in [2.45, 2.75) is 26.7 Å². The number of piperidine rings is 1. The molecule has 2 fully saturated rings. The number of hydrogen-bond donors (Lipinski definition) is 0. The van der Waals surface area contributed by atoms with Gasteiger partial charge in [-0.15, -0.1) is 0 Å². The number of hydrogen-bond acceptors (Lipinski definition) is 3. The molecule has 0 saturated carbocycles. The Bertz CT molecular complexity index is 597. The van der Waals surface area contributed by atoms with Crippen molar-refractivity contribution in [2.24, 2.45) is 5.92 Å². The van der Waals surface area contributed by atoms with Crippen LogP contribution < -0.4 is 0 Å². The number of rotatable bonds is 5. The summed E-state index contributed by atoms with van der Waals surface area (Å²) in [6.45, 7) is 12.4. The number of benzene rings is 1. The van der Waals surface area contributed by atoms with Crippen molar-refractivity contribution >= 4 is 12.0 Å². The standard InChI is InChI=1S/C22H33N3O/c1-3-23-13-15-25(16-14-23)22(26)21-9-11-24(12-10-21)18-19(2)17-20-7-5-4-6-8-20/h4-8,17,21H,3,9-16,18H2,1-2H3/b19-17+. The second kappa shape index (κ2) is 9.33. The van der Waals surface area contributed by atoms with Gasteiger partial charge in [0.25, 0.3) is 0 Å². The van der Waals surface area contributed by atoms with Gasteiger partial charge in [-0.25, -0.2) is 0 Å². The van der Waals surface area contributed by atoms with E-state index in [0.29, 0.717) is 5.91 Å². The smallest absolute Gasteiger partial charge is 0.225 e. The van der Waals surface area contributed by atoms with Crippen LogP contribution in [0.25, 0.3) is 6.08 Å². The maximum Gasteiger partial charge on any atom is 0.225 e. The zero-order valence-electron chi connectivity index (χ0n) is 16.4. The molecular formula is C22H33N3O. The summed E-state index contributed by atoms with van der Waals surface area (Å²) < 4.78 is 0. The number of likely N-dealkylation sites (tertiary alicyclic amines) is 1. The number of carbonyl (C=O) groups is 1. The van der Waals surface area contributed by atoms with Crippen LogP contribution in [0.1, 0.15) is 32.3 Å². The topological polar surface area (TPSA) is 26.8 Å². The average Bonchev–Trinajstić information content (AvgIpc) is 2.69. The van der Waals surface area contributed by atoms with Gasteiger partial charge >= 0.3 is 0 Å². The first-order valence-electron chi connectivity index (χ1n) is 10.1. The van der Waals surface area contributed by atoms with E-state index < -0.39 is 0 Å². The molecule has 2 heterocycles. The van der Waals surface area contributed by atoms with Gasteiger partial charge in [0.2, 0.25) is 5.91 Å². The predicted octanol–water partition coefficient (Wildman–Crippen LogP) is 2.97. The van der Waals surface area contributed by atoms with Gasteiger partial charge in [-0.2, -0.15) is 0 Å². The number of carbonyl (C=O) groups excluding carboxylic acids is 1. The van der Waals surface area contributed by atoms with Crippen molar-refractivity contribution in [1.82, 2.24) is 14.7 Å². The van der Waals surface area contributed by atoms with Gasteiger partial charge in [0, 0.05) is 38.6 Å². The summed E-state index contributed by atoms with van der Waals surface area (Å²) in [5, 5.41) is 0. The minimum absolute atomic E-state index is 0.234. The quantitative estimate of drug-likeness (QED) is 0.812. The van der Waals surface area contributed by atoms with Gasteiger partial charge in [-0.05, 0) is 45.0 Å². The number of likely N-dealkylation sites (N-methyl/N-ethyl adjacent to an activating group) is 1. The summed E-state index contributed by atoms with van der Waals surface area (Å²) in [7, 11) is 0. The van der Waals surface area contributed by atoms with E-state index in [-0.39, 0.29) is 5.92 Å². The second-order valence-electron chi connectivity index (χ2n) is 7.71. The molecule has 0 aliphatic carbocycles. The molecule has 4 nitrogen and oxygen atoms in total. The molecule has 0 bridgehead atoms. The highest BCUT2D eigenvalue weighted by atomic mass is 16.2. The van der Waals surface area contributed by atoms with E-state index >= 15 is 0 Å². The van der Waals surface area contributed by atoms with E-state index in [4.69, 9.17) is 0 Å². The highest BCUT2D eigenvalue weighted by Gasteiger charge is 2.30. The van der Waals surface area contributed by atoms with Crippen LogP contribution in [0.2, 0.25) is 0 Å². The van der Waals surface area contributed by atoms with Gasteiger partial charge < -0.3 is 9.80 Å². The van der Waals surface area contributed by atoms with Crippen LogP contribution >= 0.6 is 0 Å². The molecule has 2 saturated heterocycles. The van der Waals surface area contributed by atoms with E-state index in [9.17, 15) is 4.79 Å². The largest absolute Gasteiger partial charge is 0.340 e. The first-order chi connectivity index (χ1) is 12.7. The van der Waals surface area contributed by atoms with Crippen molar-refractivity contribution in [3.8, 4) is 0 Å². The van der Waals surface area contributed by atoms with Gasteiger partial charge in [-0.3, -0.25) is 9.69 Å². The van der Waals surface area contributed by atoms with Gasteiger partial charge in [0.05, 0.1) is 0 Å². The van der Waals surface area contributed by atoms with Crippen LogP contribution in [0, 0.1) is 5.92 Å². The molecule has 2 aliphatic rings. The van der Waals surface area contributed by atoms with Gasteiger partial charge in [-0.1, -0.05) is 48.9 Å². The lowest BCUT2D eigenvalue weighted by atomic mass is 9.94. The van der Waals surface area contributed by atoms with Crippen LogP contribution in [-0.2, 0) is 4.79 Å². The Morgan fingerprint density at radius 1 is 1.00 bits per heavy atom. The molecule has 1 amide bonds. The minimum atomic E-state index is 0.234. The fourth-order valence-electron chi connectivity index (χ4n) is 4.11. The van der Waals surface area contributed by atoms with Crippen molar-refractivity contribution in [2.75, 3.05) is 52.4 Å². The van der Waals surface area contributed by atoms with Gasteiger partial charge in [0.1, 0.15) is 0 Å². The van der Waals surface area contributed by atoms with Crippen molar-refractivity contribution in [1.29, 1.82) is 0 Å². The molecule has 0 spiro atoms. The van der Waals surface area contributed by atoms with E-state index in [1.807, 2.05) is 0 Å². The van der Waals surface area contributed by atoms with Crippen LogP contribution in [0.4, 0.5) is 0 Å². The van der Waals surface area contributed by atoms with E-state index in [0.717, 1.165) is 65.2 Å². The van der Waals surface area contributed by atoms with E-state index in [2.05, 4.69) is 65.0 Å². The molecule has 1 aromatic carbocycles.